The number of allylic oxidation sites excluding steroid dienone is 4. The van der Waals surface area contributed by atoms with Gasteiger partial charge < -0.3 is 4.74 Å². The van der Waals surface area contributed by atoms with E-state index in [2.05, 4.69) is 45.9 Å². The Kier molecular flexibility index (Phi) is 8.65. The number of hydrogen-bond acceptors (Lipinski definition) is 1. The van der Waals surface area contributed by atoms with Gasteiger partial charge >= 0.3 is 0 Å². The standard InChI is InChI=1S/C21H32O/c1-17(2)9-8-11-19(4)18(3)10-6-7-12-20-13-15-21(22-5)16-14-20/h9,13-16H,6-8,10-12H2,1-5H3/b19-18+. The van der Waals surface area contributed by atoms with Crippen molar-refractivity contribution in [3.8, 4) is 5.75 Å². The van der Waals surface area contributed by atoms with Crippen LogP contribution in [0.25, 0.3) is 0 Å². The Labute approximate surface area is 137 Å². The lowest BCUT2D eigenvalue weighted by Gasteiger charge is -2.08. The number of ether oxygens (including phenoxy) is 1. The van der Waals surface area contributed by atoms with Crippen molar-refractivity contribution in [2.24, 2.45) is 0 Å². The maximum atomic E-state index is 5.19. The first-order valence-electron chi connectivity index (χ1n) is 8.44. The molecule has 1 rings (SSSR count). The summed E-state index contributed by atoms with van der Waals surface area (Å²) in [5, 5.41) is 0. The topological polar surface area (TPSA) is 9.23 Å². The molecule has 1 nitrogen and oxygen atoms in total. The van der Waals surface area contributed by atoms with E-state index in [0.717, 1.165) is 12.2 Å². The maximum Gasteiger partial charge on any atom is 0.118 e. The molecule has 0 saturated carbocycles. The second-order valence-corrected chi connectivity index (χ2v) is 6.44. The van der Waals surface area contributed by atoms with E-state index in [1.807, 2.05) is 12.1 Å². The zero-order valence-electron chi connectivity index (χ0n) is 15.0. The van der Waals surface area contributed by atoms with Crippen LogP contribution in [-0.2, 0) is 6.42 Å². The van der Waals surface area contributed by atoms with Crippen molar-refractivity contribution in [3.05, 3.63) is 52.6 Å². The van der Waals surface area contributed by atoms with Crippen LogP contribution in [0.5, 0.6) is 5.75 Å². The van der Waals surface area contributed by atoms with Gasteiger partial charge in [-0.1, -0.05) is 34.9 Å². The highest BCUT2D eigenvalue weighted by atomic mass is 16.5. The highest BCUT2D eigenvalue weighted by molar-refractivity contribution is 5.27. The van der Waals surface area contributed by atoms with Gasteiger partial charge in [0.05, 0.1) is 7.11 Å². The lowest BCUT2D eigenvalue weighted by molar-refractivity contribution is 0.414. The predicted molar refractivity (Wildman–Crippen MR) is 97.6 cm³/mol. The van der Waals surface area contributed by atoms with E-state index in [9.17, 15) is 0 Å². The summed E-state index contributed by atoms with van der Waals surface area (Å²) < 4.78 is 5.19. The van der Waals surface area contributed by atoms with Crippen LogP contribution in [0.1, 0.15) is 65.4 Å². The van der Waals surface area contributed by atoms with Gasteiger partial charge in [-0.3, -0.25) is 0 Å². The first-order chi connectivity index (χ1) is 10.5. The monoisotopic (exact) mass is 300 g/mol. The molecule has 0 heterocycles. The van der Waals surface area contributed by atoms with Crippen LogP contribution in [0.15, 0.2) is 47.1 Å². The number of unbranched alkanes of at least 4 members (excludes halogenated alkanes) is 1. The van der Waals surface area contributed by atoms with Gasteiger partial charge in [0.15, 0.2) is 0 Å². The van der Waals surface area contributed by atoms with Crippen molar-refractivity contribution in [2.45, 2.75) is 66.2 Å². The van der Waals surface area contributed by atoms with Crippen molar-refractivity contribution in [1.82, 2.24) is 0 Å². The quantitative estimate of drug-likeness (QED) is 0.374. The Morgan fingerprint density at radius 1 is 0.909 bits per heavy atom. The van der Waals surface area contributed by atoms with Crippen LogP contribution in [0.4, 0.5) is 0 Å². The zero-order valence-corrected chi connectivity index (χ0v) is 15.0. The van der Waals surface area contributed by atoms with Gasteiger partial charge in [0, 0.05) is 0 Å². The molecule has 0 aliphatic rings. The molecule has 0 amide bonds. The summed E-state index contributed by atoms with van der Waals surface area (Å²) in [4.78, 5) is 0. The van der Waals surface area contributed by atoms with E-state index >= 15 is 0 Å². The molecule has 0 aliphatic heterocycles. The number of benzene rings is 1. The summed E-state index contributed by atoms with van der Waals surface area (Å²) in [6.45, 7) is 8.93. The minimum atomic E-state index is 0.939. The fourth-order valence-corrected chi connectivity index (χ4v) is 2.52. The van der Waals surface area contributed by atoms with E-state index in [0.29, 0.717) is 0 Å². The van der Waals surface area contributed by atoms with Crippen LogP contribution in [0.3, 0.4) is 0 Å². The number of rotatable bonds is 9. The van der Waals surface area contributed by atoms with Crippen molar-refractivity contribution < 1.29 is 4.74 Å². The SMILES string of the molecule is COc1ccc(CCCC/C(C)=C(\C)CCC=C(C)C)cc1. The predicted octanol–water partition coefficient (Wildman–Crippen LogP) is 6.49. The van der Waals surface area contributed by atoms with Crippen LogP contribution in [0, 0.1) is 0 Å². The summed E-state index contributed by atoms with van der Waals surface area (Å²) in [7, 11) is 1.71. The highest BCUT2D eigenvalue weighted by Gasteiger charge is 1.99. The molecule has 0 aliphatic carbocycles. The maximum absolute atomic E-state index is 5.19. The van der Waals surface area contributed by atoms with E-state index in [1.165, 1.54) is 43.2 Å². The minimum Gasteiger partial charge on any atom is -0.497 e. The van der Waals surface area contributed by atoms with Gasteiger partial charge in [-0.05, 0) is 83.9 Å². The fourth-order valence-electron chi connectivity index (χ4n) is 2.52. The molecule has 1 heteroatoms. The Bertz CT molecular complexity index is 487. The lowest BCUT2D eigenvalue weighted by atomic mass is 9.99. The molecule has 1 aromatic rings. The van der Waals surface area contributed by atoms with Crippen molar-refractivity contribution in [1.29, 1.82) is 0 Å². The average molecular weight is 300 g/mol. The van der Waals surface area contributed by atoms with Gasteiger partial charge in [0.2, 0.25) is 0 Å². The molecule has 0 fully saturated rings. The van der Waals surface area contributed by atoms with Crippen LogP contribution < -0.4 is 4.74 Å². The second-order valence-electron chi connectivity index (χ2n) is 6.44. The average Bonchev–Trinajstić information content (AvgIpc) is 2.51. The summed E-state index contributed by atoms with van der Waals surface area (Å²) in [5.74, 6) is 0.939. The van der Waals surface area contributed by atoms with E-state index < -0.39 is 0 Å². The molecule has 0 radical (unpaired) electrons. The molecule has 0 atom stereocenters. The molecule has 0 unspecified atom stereocenters. The van der Waals surface area contributed by atoms with Crippen LogP contribution >= 0.6 is 0 Å². The lowest BCUT2D eigenvalue weighted by Crippen LogP contribution is -1.90. The Hall–Kier alpha value is -1.50. The molecule has 1 aromatic carbocycles. The molecule has 0 aromatic heterocycles. The van der Waals surface area contributed by atoms with Gasteiger partial charge in [-0.15, -0.1) is 0 Å². The molecule has 22 heavy (non-hydrogen) atoms. The van der Waals surface area contributed by atoms with Crippen molar-refractivity contribution in [3.63, 3.8) is 0 Å². The molecule has 0 saturated heterocycles. The smallest absolute Gasteiger partial charge is 0.118 e. The molecular weight excluding hydrogens is 268 g/mol. The summed E-state index contributed by atoms with van der Waals surface area (Å²) >= 11 is 0. The first-order valence-corrected chi connectivity index (χ1v) is 8.44. The Balaban J connectivity index is 2.28. The van der Waals surface area contributed by atoms with Gasteiger partial charge in [0.1, 0.15) is 5.75 Å². The highest BCUT2D eigenvalue weighted by Crippen LogP contribution is 2.18. The molecule has 0 N–H and O–H groups in total. The third kappa shape index (κ3) is 7.49. The summed E-state index contributed by atoms with van der Waals surface area (Å²) in [6.07, 6.45) is 9.64. The van der Waals surface area contributed by atoms with E-state index in [1.54, 1.807) is 18.3 Å². The number of methoxy groups -OCH3 is 1. The van der Waals surface area contributed by atoms with Crippen molar-refractivity contribution >= 4 is 0 Å². The first kappa shape index (κ1) is 18.5. The third-order valence-electron chi connectivity index (χ3n) is 4.23. The van der Waals surface area contributed by atoms with E-state index in [4.69, 9.17) is 4.74 Å². The largest absolute Gasteiger partial charge is 0.497 e. The van der Waals surface area contributed by atoms with Crippen LogP contribution in [-0.4, -0.2) is 7.11 Å². The summed E-state index contributed by atoms with van der Waals surface area (Å²) in [5.41, 5.74) is 5.98. The van der Waals surface area contributed by atoms with Crippen molar-refractivity contribution in [2.75, 3.05) is 7.11 Å². The molecule has 0 spiro atoms. The number of aryl methyl sites for hydroxylation is 1. The Morgan fingerprint density at radius 3 is 2.14 bits per heavy atom. The molecular formula is C21H32O. The normalized spacial score (nSPS) is 11.9. The number of hydrogen-bond donors (Lipinski definition) is 0. The van der Waals surface area contributed by atoms with Gasteiger partial charge in [-0.2, -0.15) is 0 Å². The molecule has 0 bridgehead atoms. The second kappa shape index (κ2) is 10.3. The Morgan fingerprint density at radius 2 is 1.55 bits per heavy atom. The third-order valence-corrected chi connectivity index (χ3v) is 4.23. The van der Waals surface area contributed by atoms with Gasteiger partial charge in [-0.25, -0.2) is 0 Å². The molecule has 122 valence electrons. The van der Waals surface area contributed by atoms with Crippen LogP contribution in [0.2, 0.25) is 0 Å². The van der Waals surface area contributed by atoms with Gasteiger partial charge in [0.25, 0.3) is 0 Å². The van der Waals surface area contributed by atoms with E-state index in [-0.39, 0.29) is 0 Å². The summed E-state index contributed by atoms with van der Waals surface area (Å²) in [6, 6.07) is 8.44. The fraction of sp³-hybridized carbons (Fsp3) is 0.524. The zero-order chi connectivity index (χ0) is 16.4. The minimum absolute atomic E-state index is 0.939.